The zero-order chi connectivity index (χ0) is 15.5. The molecule has 0 radical (unpaired) electrons. The number of aryl methyl sites for hydroxylation is 1. The van der Waals surface area contributed by atoms with Crippen LogP contribution in [-0.2, 0) is 10.0 Å². The van der Waals surface area contributed by atoms with Crippen LogP contribution >= 0.6 is 11.3 Å². The van der Waals surface area contributed by atoms with Crippen molar-refractivity contribution >= 4 is 21.4 Å². The first-order valence-corrected chi connectivity index (χ1v) is 8.66. The Labute approximate surface area is 128 Å². The zero-order valence-electron chi connectivity index (χ0n) is 11.7. The molecule has 0 aliphatic heterocycles. The lowest BCUT2D eigenvalue weighted by molar-refractivity contribution is 0.185. The van der Waals surface area contributed by atoms with Crippen LogP contribution < -0.4 is 9.46 Å². The molecule has 0 saturated carbocycles. The topological polar surface area (TPSA) is 75.6 Å². The summed E-state index contributed by atoms with van der Waals surface area (Å²) in [5, 5.41) is 11.8. The summed E-state index contributed by atoms with van der Waals surface area (Å²) in [4.78, 5) is 0.789. The molecule has 0 spiro atoms. The highest BCUT2D eigenvalue weighted by Crippen LogP contribution is 2.25. The van der Waals surface area contributed by atoms with Crippen molar-refractivity contribution in [3.63, 3.8) is 0 Å². The normalized spacial score (nSPS) is 13.1. The summed E-state index contributed by atoms with van der Waals surface area (Å²) in [7, 11) is -2.32. The molecule has 0 fully saturated rings. The predicted molar refractivity (Wildman–Crippen MR) is 82.2 cm³/mol. The fourth-order valence-electron chi connectivity index (χ4n) is 1.84. The monoisotopic (exact) mass is 327 g/mol. The smallest absolute Gasteiger partial charge is 0.244 e. The van der Waals surface area contributed by atoms with Gasteiger partial charge in [0, 0.05) is 11.4 Å². The summed E-state index contributed by atoms with van der Waals surface area (Å²) in [5.41, 5.74) is 0.815. The van der Waals surface area contributed by atoms with Gasteiger partial charge < -0.3 is 9.84 Å². The average molecular weight is 327 g/mol. The predicted octanol–water partition coefficient (Wildman–Crippen LogP) is 2.08. The Morgan fingerprint density at radius 1 is 1.38 bits per heavy atom. The summed E-state index contributed by atoms with van der Waals surface area (Å²) < 4.78 is 32.2. The third-order valence-corrected chi connectivity index (χ3v) is 5.37. The average Bonchev–Trinajstić information content (AvgIpc) is 2.99. The maximum atomic E-state index is 12.3. The molecule has 7 heteroatoms. The minimum absolute atomic E-state index is 0.0726. The molecule has 1 atom stereocenters. The van der Waals surface area contributed by atoms with Gasteiger partial charge in [-0.1, -0.05) is 12.1 Å². The molecule has 1 aromatic heterocycles. The number of nitrogens with one attached hydrogen (secondary N) is 1. The molecule has 2 N–H and O–H groups in total. The number of rotatable bonds is 6. The molecule has 0 aliphatic rings. The summed E-state index contributed by atoms with van der Waals surface area (Å²) >= 11 is 1.38. The molecule has 1 heterocycles. The van der Waals surface area contributed by atoms with Gasteiger partial charge >= 0.3 is 0 Å². The number of methoxy groups -OCH3 is 1. The molecule has 2 aromatic rings. The number of ether oxygens (including phenoxy) is 1. The fourth-order valence-corrected chi connectivity index (χ4v) is 3.84. The van der Waals surface area contributed by atoms with Crippen LogP contribution in [0, 0.1) is 6.92 Å². The quantitative estimate of drug-likeness (QED) is 0.852. The lowest BCUT2D eigenvalue weighted by atomic mass is 10.2. The van der Waals surface area contributed by atoms with E-state index in [4.69, 9.17) is 4.74 Å². The van der Waals surface area contributed by atoms with Crippen LogP contribution in [0.15, 0.2) is 40.6 Å². The van der Waals surface area contributed by atoms with Gasteiger partial charge in [0.25, 0.3) is 0 Å². The number of hydrogen-bond donors (Lipinski definition) is 2. The van der Waals surface area contributed by atoms with Gasteiger partial charge in [-0.05, 0) is 36.1 Å². The minimum Gasteiger partial charge on any atom is -0.495 e. The van der Waals surface area contributed by atoms with Crippen molar-refractivity contribution in [3.8, 4) is 5.75 Å². The Balaban J connectivity index is 2.17. The van der Waals surface area contributed by atoms with Gasteiger partial charge in [-0.15, -0.1) is 11.3 Å². The third kappa shape index (κ3) is 3.82. The standard InChI is InChI=1S/C14H17NO4S2/c1-10-5-6-12(19-2)14(8-10)21(17,18)15-9-11(16)13-4-3-7-20-13/h3-8,11,15-16H,9H2,1-2H3. The summed E-state index contributed by atoms with van der Waals surface area (Å²) in [6, 6.07) is 8.49. The van der Waals surface area contributed by atoms with Crippen LogP contribution in [0.3, 0.4) is 0 Å². The Hall–Kier alpha value is -1.41. The van der Waals surface area contributed by atoms with Crippen LogP contribution in [0.1, 0.15) is 16.5 Å². The van der Waals surface area contributed by atoms with Crippen molar-refractivity contribution in [1.29, 1.82) is 0 Å². The van der Waals surface area contributed by atoms with Crippen molar-refractivity contribution in [3.05, 3.63) is 46.2 Å². The highest BCUT2D eigenvalue weighted by atomic mass is 32.2. The van der Waals surface area contributed by atoms with Gasteiger partial charge in [0.05, 0.1) is 7.11 Å². The molecule has 114 valence electrons. The van der Waals surface area contributed by atoms with E-state index in [1.54, 1.807) is 37.3 Å². The van der Waals surface area contributed by atoms with Gasteiger partial charge in [0.15, 0.2) is 0 Å². The van der Waals surface area contributed by atoms with Crippen LogP contribution in [0.5, 0.6) is 5.75 Å². The summed E-state index contributed by atoms with van der Waals surface area (Å²) in [5.74, 6) is 0.277. The second-order valence-corrected chi connectivity index (χ2v) is 7.25. The van der Waals surface area contributed by atoms with E-state index in [9.17, 15) is 13.5 Å². The van der Waals surface area contributed by atoms with E-state index >= 15 is 0 Å². The van der Waals surface area contributed by atoms with Crippen LogP contribution in [0.2, 0.25) is 0 Å². The molecule has 2 rings (SSSR count). The first-order chi connectivity index (χ1) is 9.94. The second-order valence-electron chi connectivity index (χ2n) is 4.54. The van der Waals surface area contributed by atoms with Crippen molar-refractivity contribution < 1.29 is 18.3 Å². The van der Waals surface area contributed by atoms with Crippen LogP contribution in [0.25, 0.3) is 0 Å². The largest absolute Gasteiger partial charge is 0.495 e. The van der Waals surface area contributed by atoms with E-state index in [1.165, 1.54) is 18.4 Å². The Morgan fingerprint density at radius 3 is 2.76 bits per heavy atom. The van der Waals surface area contributed by atoms with E-state index in [2.05, 4.69) is 4.72 Å². The number of thiophene rings is 1. The van der Waals surface area contributed by atoms with Gasteiger partial charge in [-0.2, -0.15) is 0 Å². The van der Waals surface area contributed by atoms with E-state index in [0.29, 0.717) is 4.88 Å². The first kappa shape index (κ1) is 16.0. The Bertz CT molecular complexity index is 696. The maximum Gasteiger partial charge on any atom is 0.244 e. The minimum atomic E-state index is -3.74. The number of benzene rings is 1. The van der Waals surface area contributed by atoms with E-state index in [1.807, 2.05) is 5.38 Å². The molecule has 0 amide bonds. The molecule has 1 aromatic carbocycles. The van der Waals surface area contributed by atoms with Gasteiger partial charge in [-0.3, -0.25) is 0 Å². The molecule has 0 bridgehead atoms. The lowest BCUT2D eigenvalue weighted by Crippen LogP contribution is -2.28. The van der Waals surface area contributed by atoms with Crippen molar-refractivity contribution in [2.75, 3.05) is 13.7 Å². The number of aliphatic hydroxyl groups excluding tert-OH is 1. The maximum absolute atomic E-state index is 12.3. The van der Waals surface area contributed by atoms with Gasteiger partial charge in [0.1, 0.15) is 16.7 Å². The van der Waals surface area contributed by atoms with Crippen LogP contribution in [-0.4, -0.2) is 27.2 Å². The highest BCUT2D eigenvalue weighted by Gasteiger charge is 2.21. The molecular formula is C14H17NO4S2. The molecule has 21 heavy (non-hydrogen) atoms. The van der Waals surface area contributed by atoms with E-state index in [0.717, 1.165) is 5.56 Å². The highest BCUT2D eigenvalue weighted by molar-refractivity contribution is 7.89. The lowest BCUT2D eigenvalue weighted by Gasteiger charge is -2.13. The van der Waals surface area contributed by atoms with Gasteiger partial charge in [0.2, 0.25) is 10.0 Å². The molecular weight excluding hydrogens is 310 g/mol. The number of sulfonamides is 1. The van der Waals surface area contributed by atoms with Crippen LogP contribution in [0.4, 0.5) is 0 Å². The fraction of sp³-hybridized carbons (Fsp3) is 0.286. The van der Waals surface area contributed by atoms with E-state index in [-0.39, 0.29) is 17.2 Å². The first-order valence-electron chi connectivity index (χ1n) is 6.30. The van der Waals surface area contributed by atoms with Crippen molar-refractivity contribution in [2.24, 2.45) is 0 Å². The molecule has 5 nitrogen and oxygen atoms in total. The molecule has 1 unspecified atom stereocenters. The van der Waals surface area contributed by atoms with E-state index < -0.39 is 16.1 Å². The molecule has 0 saturated heterocycles. The SMILES string of the molecule is COc1ccc(C)cc1S(=O)(=O)NCC(O)c1cccs1. The summed E-state index contributed by atoms with van der Waals surface area (Å²) in [6.07, 6.45) is -0.865. The third-order valence-electron chi connectivity index (χ3n) is 2.95. The van der Waals surface area contributed by atoms with Crippen molar-refractivity contribution in [1.82, 2.24) is 4.72 Å². The Kier molecular flexibility index (Phi) is 5.00. The zero-order valence-corrected chi connectivity index (χ0v) is 13.4. The Morgan fingerprint density at radius 2 is 2.14 bits per heavy atom. The number of hydrogen-bond acceptors (Lipinski definition) is 5. The number of aliphatic hydroxyl groups is 1. The summed E-state index contributed by atoms with van der Waals surface area (Å²) in [6.45, 7) is 1.72. The van der Waals surface area contributed by atoms with Gasteiger partial charge in [-0.25, -0.2) is 13.1 Å². The molecule has 0 aliphatic carbocycles. The van der Waals surface area contributed by atoms with Crippen molar-refractivity contribution in [2.45, 2.75) is 17.9 Å². The second kappa shape index (κ2) is 6.57.